The number of carbonyl (C=O) groups is 1. The Morgan fingerprint density at radius 2 is 2.21 bits per heavy atom. The quantitative estimate of drug-likeness (QED) is 0.474. The Kier molecular flexibility index (Phi) is 6.24. The molecule has 0 fully saturated rings. The molecule has 0 unspecified atom stereocenters. The van der Waals surface area contributed by atoms with Gasteiger partial charge in [-0.25, -0.2) is 0 Å². The summed E-state index contributed by atoms with van der Waals surface area (Å²) in [5.41, 5.74) is -0.386. The molecule has 0 radical (unpaired) electrons. The zero-order valence-corrected chi connectivity index (χ0v) is 11.3. The number of para-hydroxylation sites is 1. The van der Waals surface area contributed by atoms with Crippen molar-refractivity contribution in [3.8, 4) is 0 Å². The van der Waals surface area contributed by atoms with Crippen LogP contribution in [-0.4, -0.2) is 31.1 Å². The van der Waals surface area contributed by atoms with Crippen molar-refractivity contribution in [2.45, 2.75) is 12.8 Å². The van der Waals surface area contributed by atoms with Gasteiger partial charge in [0.15, 0.2) is 0 Å². The van der Waals surface area contributed by atoms with E-state index < -0.39 is 10.8 Å². The highest BCUT2D eigenvalue weighted by atomic mass is 35.5. The maximum Gasteiger partial charge on any atom is 0.300 e. The molecular weight excluding hydrogens is 272 g/mol. The standard InChI is InChI=1S/C12H15ClN2O4/c1-19-8-3-2-7-14-12(16)9-5-4-6-10(13)11(9)15(17)18/h4-6H,2-3,7-8H2,1H3,(H,14,16). The van der Waals surface area contributed by atoms with Crippen LogP contribution in [0, 0.1) is 10.1 Å². The fourth-order valence-electron chi connectivity index (χ4n) is 1.55. The summed E-state index contributed by atoms with van der Waals surface area (Å²) in [6.07, 6.45) is 1.56. The van der Waals surface area contributed by atoms with Crippen molar-refractivity contribution in [2.24, 2.45) is 0 Å². The van der Waals surface area contributed by atoms with Crippen LogP contribution in [0.3, 0.4) is 0 Å². The first kappa shape index (κ1) is 15.4. The van der Waals surface area contributed by atoms with Gasteiger partial charge in [0.25, 0.3) is 5.91 Å². The molecule has 19 heavy (non-hydrogen) atoms. The van der Waals surface area contributed by atoms with Gasteiger partial charge in [0, 0.05) is 20.3 Å². The van der Waals surface area contributed by atoms with E-state index in [1.807, 2.05) is 0 Å². The lowest BCUT2D eigenvalue weighted by Gasteiger charge is -2.06. The van der Waals surface area contributed by atoms with E-state index in [1.165, 1.54) is 18.2 Å². The summed E-state index contributed by atoms with van der Waals surface area (Å²) in [6, 6.07) is 4.28. The Morgan fingerprint density at radius 3 is 2.84 bits per heavy atom. The molecule has 0 atom stereocenters. The minimum Gasteiger partial charge on any atom is -0.385 e. The summed E-state index contributed by atoms with van der Waals surface area (Å²) in [5, 5.41) is 13.5. The minimum absolute atomic E-state index is 0.0239. The highest BCUT2D eigenvalue weighted by Crippen LogP contribution is 2.27. The van der Waals surface area contributed by atoms with Gasteiger partial charge >= 0.3 is 5.69 Å². The molecular formula is C12H15ClN2O4. The number of amides is 1. The van der Waals surface area contributed by atoms with E-state index in [1.54, 1.807) is 7.11 Å². The van der Waals surface area contributed by atoms with Crippen molar-refractivity contribution < 1.29 is 14.5 Å². The van der Waals surface area contributed by atoms with Crippen molar-refractivity contribution in [3.63, 3.8) is 0 Å². The molecule has 6 nitrogen and oxygen atoms in total. The smallest absolute Gasteiger partial charge is 0.300 e. The van der Waals surface area contributed by atoms with Crippen LogP contribution in [0.15, 0.2) is 18.2 Å². The summed E-state index contributed by atoms with van der Waals surface area (Å²) >= 11 is 5.73. The van der Waals surface area contributed by atoms with Gasteiger partial charge < -0.3 is 10.1 Å². The molecule has 1 aromatic rings. The van der Waals surface area contributed by atoms with Crippen molar-refractivity contribution in [1.82, 2.24) is 5.32 Å². The molecule has 0 bridgehead atoms. The first-order valence-corrected chi connectivity index (χ1v) is 6.15. The van der Waals surface area contributed by atoms with Crippen LogP contribution in [0.1, 0.15) is 23.2 Å². The number of hydrogen-bond acceptors (Lipinski definition) is 4. The monoisotopic (exact) mass is 286 g/mol. The zero-order valence-electron chi connectivity index (χ0n) is 10.5. The average Bonchev–Trinajstić information content (AvgIpc) is 2.37. The third-order valence-corrected chi connectivity index (χ3v) is 2.78. The second-order valence-electron chi connectivity index (χ2n) is 3.85. The lowest BCUT2D eigenvalue weighted by Crippen LogP contribution is -2.25. The van der Waals surface area contributed by atoms with Crippen LogP contribution in [-0.2, 0) is 4.74 Å². The van der Waals surface area contributed by atoms with E-state index in [-0.39, 0.29) is 16.3 Å². The number of carbonyl (C=O) groups excluding carboxylic acids is 1. The van der Waals surface area contributed by atoms with E-state index in [9.17, 15) is 14.9 Å². The average molecular weight is 287 g/mol. The van der Waals surface area contributed by atoms with Gasteiger partial charge in [0.05, 0.1) is 4.92 Å². The van der Waals surface area contributed by atoms with Crippen LogP contribution in [0.4, 0.5) is 5.69 Å². The topological polar surface area (TPSA) is 81.5 Å². The number of halogens is 1. The molecule has 1 aromatic carbocycles. The Labute approximate surface area is 115 Å². The number of unbranched alkanes of at least 4 members (excludes halogenated alkanes) is 1. The number of nitro groups is 1. The van der Waals surface area contributed by atoms with Crippen LogP contribution in [0.2, 0.25) is 5.02 Å². The highest BCUT2D eigenvalue weighted by Gasteiger charge is 2.23. The Morgan fingerprint density at radius 1 is 1.47 bits per heavy atom. The summed E-state index contributed by atoms with van der Waals surface area (Å²) < 4.78 is 4.88. The largest absolute Gasteiger partial charge is 0.385 e. The fourth-order valence-corrected chi connectivity index (χ4v) is 1.80. The molecule has 0 aliphatic rings. The van der Waals surface area contributed by atoms with E-state index in [4.69, 9.17) is 16.3 Å². The first-order valence-electron chi connectivity index (χ1n) is 5.78. The van der Waals surface area contributed by atoms with Crippen molar-refractivity contribution in [3.05, 3.63) is 38.9 Å². The van der Waals surface area contributed by atoms with Crippen LogP contribution < -0.4 is 5.32 Å². The van der Waals surface area contributed by atoms with Gasteiger partial charge in [-0.2, -0.15) is 0 Å². The number of nitrogens with zero attached hydrogens (tertiary/aromatic N) is 1. The fraction of sp³-hybridized carbons (Fsp3) is 0.417. The molecule has 104 valence electrons. The molecule has 1 rings (SSSR count). The van der Waals surface area contributed by atoms with Gasteiger partial charge in [-0.3, -0.25) is 14.9 Å². The number of ether oxygens (including phenoxy) is 1. The molecule has 1 N–H and O–H groups in total. The minimum atomic E-state index is -0.651. The second-order valence-corrected chi connectivity index (χ2v) is 4.26. The van der Waals surface area contributed by atoms with E-state index in [2.05, 4.69) is 5.32 Å². The molecule has 0 saturated heterocycles. The highest BCUT2D eigenvalue weighted by molar-refractivity contribution is 6.33. The number of rotatable bonds is 7. The van der Waals surface area contributed by atoms with E-state index in [0.717, 1.165) is 12.8 Å². The third-order valence-electron chi connectivity index (χ3n) is 2.47. The number of methoxy groups -OCH3 is 1. The van der Waals surface area contributed by atoms with Crippen molar-refractivity contribution >= 4 is 23.2 Å². The molecule has 0 aliphatic carbocycles. The van der Waals surface area contributed by atoms with Crippen LogP contribution >= 0.6 is 11.6 Å². The maximum absolute atomic E-state index is 11.8. The van der Waals surface area contributed by atoms with Gasteiger partial charge in [-0.15, -0.1) is 0 Å². The number of nitro benzene ring substituents is 1. The Bertz CT molecular complexity index is 465. The predicted octanol–water partition coefficient (Wildman–Crippen LogP) is 2.40. The maximum atomic E-state index is 11.8. The number of nitrogens with one attached hydrogen (secondary N) is 1. The van der Waals surface area contributed by atoms with E-state index >= 15 is 0 Å². The second kappa shape index (κ2) is 7.70. The van der Waals surface area contributed by atoms with Crippen molar-refractivity contribution in [2.75, 3.05) is 20.3 Å². The Balaban J connectivity index is 2.67. The summed E-state index contributed by atoms with van der Waals surface area (Å²) in [6.45, 7) is 1.05. The van der Waals surface area contributed by atoms with Crippen LogP contribution in [0.25, 0.3) is 0 Å². The molecule has 0 spiro atoms. The van der Waals surface area contributed by atoms with Gasteiger partial charge in [0.1, 0.15) is 10.6 Å². The lowest BCUT2D eigenvalue weighted by atomic mass is 10.1. The lowest BCUT2D eigenvalue weighted by molar-refractivity contribution is -0.385. The van der Waals surface area contributed by atoms with Gasteiger partial charge in [-0.1, -0.05) is 17.7 Å². The van der Waals surface area contributed by atoms with Gasteiger partial charge in [-0.05, 0) is 25.0 Å². The molecule has 0 heterocycles. The SMILES string of the molecule is COCCCCNC(=O)c1cccc(Cl)c1[N+](=O)[O-]. The Hall–Kier alpha value is -1.66. The molecule has 1 amide bonds. The summed E-state index contributed by atoms with van der Waals surface area (Å²) in [5.74, 6) is -0.494. The van der Waals surface area contributed by atoms with Crippen LogP contribution in [0.5, 0.6) is 0 Å². The molecule has 7 heteroatoms. The first-order chi connectivity index (χ1) is 9.07. The third kappa shape index (κ3) is 4.50. The number of benzene rings is 1. The molecule has 0 aliphatic heterocycles. The van der Waals surface area contributed by atoms with Gasteiger partial charge in [0.2, 0.25) is 0 Å². The number of hydrogen-bond donors (Lipinski definition) is 1. The predicted molar refractivity (Wildman–Crippen MR) is 71.5 cm³/mol. The van der Waals surface area contributed by atoms with E-state index in [0.29, 0.717) is 13.2 Å². The normalized spacial score (nSPS) is 10.2. The zero-order chi connectivity index (χ0) is 14.3. The summed E-state index contributed by atoms with van der Waals surface area (Å²) in [4.78, 5) is 22.1. The molecule has 0 saturated carbocycles. The van der Waals surface area contributed by atoms with Crippen molar-refractivity contribution in [1.29, 1.82) is 0 Å². The molecule has 0 aromatic heterocycles. The summed E-state index contributed by atoms with van der Waals surface area (Å²) in [7, 11) is 1.61.